The number of carbonyl (C=O) groups is 15. The number of allylic oxidation sites excluding steroid dienone is 3. The summed E-state index contributed by atoms with van der Waals surface area (Å²) in [4.78, 5) is 209. The third-order valence-corrected chi connectivity index (χ3v) is 15.6. The molecule has 0 bridgehead atoms. The number of hydrazone groups is 1. The number of carboxylic acid groups (broad SMARTS) is 2. The Morgan fingerprint density at radius 1 is 0.686 bits per heavy atom. The normalized spacial score (nSPS) is 19.1. The number of ketones is 1. The Hall–Kier alpha value is -12.6. The molecule has 2 aromatic rings. The number of aromatic nitrogens is 1. The van der Waals surface area contributed by atoms with Crippen LogP contribution in [0.15, 0.2) is 104 Å². The van der Waals surface area contributed by atoms with E-state index in [-0.39, 0.29) is 85.9 Å². The number of unbranched alkanes of at least 4 members (excludes halogenated alkanes) is 1. The van der Waals surface area contributed by atoms with Crippen molar-refractivity contribution in [2.24, 2.45) is 33.4 Å². The van der Waals surface area contributed by atoms with Gasteiger partial charge in [-0.2, -0.15) is 13.5 Å². The predicted molar refractivity (Wildman–Crippen MR) is 371 cm³/mol. The lowest BCUT2D eigenvalue weighted by molar-refractivity contribution is -0.141. The summed E-state index contributed by atoms with van der Waals surface area (Å²) in [6, 6.07) is 3.16. The molecule has 1 aromatic heterocycles. The van der Waals surface area contributed by atoms with Crippen LogP contribution in [-0.2, 0) is 77.2 Å². The number of benzene rings is 1. The number of nitrogens with one attached hydrogen (secondary N) is 16. The minimum absolute atomic E-state index is 0.00229. The molecule has 0 radical (unpaired) electrons. The molecular weight excluding hydrogens is 1400 g/mol. The molecule has 1 unspecified atom stereocenters. The van der Waals surface area contributed by atoms with Crippen molar-refractivity contribution in [3.63, 3.8) is 0 Å². The molecule has 42 heteroatoms. The minimum Gasteiger partial charge on any atom is -0.481 e. The van der Waals surface area contributed by atoms with Crippen LogP contribution in [0.25, 0.3) is 0 Å². The first-order valence-corrected chi connectivity index (χ1v) is 33.6. The molecule has 566 valence electrons. The summed E-state index contributed by atoms with van der Waals surface area (Å²) in [5.74, 6) is -19.7. The Kier molecular flexibility index (Phi) is 33.9. The zero-order chi connectivity index (χ0) is 78.1. The van der Waals surface area contributed by atoms with E-state index < -0.39 is 214 Å². The van der Waals surface area contributed by atoms with E-state index in [2.05, 4.69) is 89.6 Å². The van der Waals surface area contributed by atoms with Crippen molar-refractivity contribution in [3.8, 4) is 0 Å². The van der Waals surface area contributed by atoms with Crippen molar-refractivity contribution < 1.29 is 95.1 Å². The van der Waals surface area contributed by atoms with Crippen molar-refractivity contribution >= 4 is 128 Å². The number of guanidine groups is 2. The maximum absolute atomic E-state index is 14.2. The zero-order valence-electron chi connectivity index (χ0n) is 57.2. The van der Waals surface area contributed by atoms with Gasteiger partial charge >= 0.3 is 11.9 Å². The van der Waals surface area contributed by atoms with E-state index in [1.165, 1.54) is 64.1 Å². The average molecular weight is 1490 g/mol. The van der Waals surface area contributed by atoms with E-state index >= 15 is 0 Å². The molecule has 105 heavy (non-hydrogen) atoms. The second-order valence-corrected chi connectivity index (χ2v) is 24.9. The van der Waals surface area contributed by atoms with Crippen LogP contribution in [0.3, 0.4) is 0 Å². The first-order chi connectivity index (χ1) is 49.5. The molecule has 2 aliphatic rings. The van der Waals surface area contributed by atoms with Crippen LogP contribution in [0.4, 0.5) is 5.82 Å². The molecule has 2 aliphatic heterocycles. The summed E-state index contributed by atoms with van der Waals surface area (Å²) in [5.41, 5.74) is 10.4. The lowest BCUT2D eigenvalue weighted by Gasteiger charge is -2.23. The summed E-state index contributed by atoms with van der Waals surface area (Å²) in [6.07, 6.45) is 1.24. The number of Topliss-reactive ketones (excluding diaryl/α,β-unsaturated/α-hetero) is 1. The molecule has 0 aliphatic carbocycles. The van der Waals surface area contributed by atoms with Gasteiger partial charge in [0.05, 0.1) is 43.1 Å². The van der Waals surface area contributed by atoms with Gasteiger partial charge in [0.15, 0.2) is 17.7 Å². The molecule has 4 atom stereocenters. The number of rotatable bonds is 27. The van der Waals surface area contributed by atoms with Crippen LogP contribution >= 0.6 is 0 Å². The molecule has 4 rings (SSSR count). The van der Waals surface area contributed by atoms with Gasteiger partial charge in [-0.1, -0.05) is 44.2 Å². The SMILES string of the molecule is CC(C)=C1NC(=O)[C@@H](CCCNC(=N)N)NC(=O)CNC(=O)[C@@H](CC(=O)O)NC(=O)C(CCNC(=O)C(CCC(=O)NCCC/C=C2/NC(=O)[C@H](C(C)C)NC(=O)/C(=C\CCNC(=N)N)NC(=O)CNC(=O)/C(=C/C(=O)O)NC2=O)=NC(=O)c2ccc(NN=Cc3ccccc3S(=O)(=O)O)nc2)CC1=O. The lowest BCUT2D eigenvalue weighted by Crippen LogP contribution is -2.53. The number of hydrogen-bond acceptors (Lipinski definition) is 22. The third kappa shape index (κ3) is 30.2. The predicted octanol–water partition coefficient (Wildman–Crippen LogP) is -4.41. The number of amides is 12. The van der Waals surface area contributed by atoms with Crippen molar-refractivity contribution in [2.45, 2.75) is 115 Å². The number of nitrogens with two attached hydrogens (primary N) is 2. The quantitative estimate of drug-likeness (QED) is 0.0100. The van der Waals surface area contributed by atoms with Gasteiger partial charge < -0.3 is 90.8 Å². The van der Waals surface area contributed by atoms with Gasteiger partial charge in [0.2, 0.25) is 41.4 Å². The highest BCUT2D eigenvalue weighted by Crippen LogP contribution is 2.18. The molecule has 0 spiro atoms. The molecule has 2 saturated heterocycles. The van der Waals surface area contributed by atoms with E-state index in [4.69, 9.17) is 22.3 Å². The fourth-order valence-corrected chi connectivity index (χ4v) is 10.1. The Labute approximate surface area is 599 Å². The second-order valence-electron chi connectivity index (χ2n) is 23.5. The van der Waals surface area contributed by atoms with Gasteiger partial charge in [-0.15, -0.1) is 0 Å². The Bertz CT molecular complexity index is 4010. The number of hydrogen-bond donors (Lipinski definition) is 21. The summed E-state index contributed by atoms with van der Waals surface area (Å²) < 4.78 is 33.3. The van der Waals surface area contributed by atoms with Crippen LogP contribution in [0.1, 0.15) is 108 Å². The molecule has 3 heterocycles. The van der Waals surface area contributed by atoms with Gasteiger partial charge in [0.25, 0.3) is 39.7 Å². The molecule has 1 aromatic carbocycles. The van der Waals surface area contributed by atoms with E-state index in [9.17, 15) is 95.1 Å². The fraction of sp³-hybridized carbons (Fsp3) is 0.397. The van der Waals surface area contributed by atoms with E-state index in [1.54, 1.807) is 0 Å². The number of pyridine rings is 1. The summed E-state index contributed by atoms with van der Waals surface area (Å²) in [5, 5.41) is 68.9. The van der Waals surface area contributed by atoms with E-state index in [0.717, 1.165) is 24.6 Å². The van der Waals surface area contributed by atoms with Crippen molar-refractivity contribution in [1.82, 2.24) is 74.1 Å². The van der Waals surface area contributed by atoms with Crippen molar-refractivity contribution in [2.75, 3.05) is 44.7 Å². The van der Waals surface area contributed by atoms with Crippen LogP contribution in [0.5, 0.6) is 0 Å². The topological polar surface area (TPSA) is 657 Å². The maximum Gasteiger partial charge on any atom is 0.330 e. The van der Waals surface area contributed by atoms with Crippen LogP contribution < -0.4 is 86.0 Å². The van der Waals surface area contributed by atoms with Crippen LogP contribution in [-0.4, -0.2) is 198 Å². The summed E-state index contributed by atoms with van der Waals surface area (Å²) in [7, 11) is -4.64. The largest absolute Gasteiger partial charge is 0.481 e. The molecule has 2 fully saturated rings. The number of carboxylic acids is 2. The smallest absolute Gasteiger partial charge is 0.330 e. The summed E-state index contributed by atoms with van der Waals surface area (Å²) >= 11 is 0. The highest BCUT2D eigenvalue weighted by Gasteiger charge is 2.34. The molecular formula is C63H83N21O20S. The van der Waals surface area contributed by atoms with Crippen molar-refractivity contribution in [3.05, 3.63) is 100 Å². The monoisotopic (exact) mass is 1490 g/mol. The Morgan fingerprint density at radius 2 is 1.35 bits per heavy atom. The number of aliphatic carboxylic acids is 2. The molecule has 23 N–H and O–H groups in total. The lowest BCUT2D eigenvalue weighted by atomic mass is 9.94. The van der Waals surface area contributed by atoms with Gasteiger partial charge in [0.1, 0.15) is 51.6 Å². The standard InChI is InChI=1S/C63H83N21O20S/c1-32(2)51-43(85)25-34(53(93)80-41(26-49(89)90)56(96)73-30-47(87)76-37(59(99)82-51)13-9-22-70-62(64)65)20-24-69-55(95)40(78-54(94)36-16-18-45(72-28-36)84-75-29-35-11-5-6-15-44(35)105(102,103)104)17-19-46(86)68-21-8-7-12-39-58(98)81-42(27-50(91)92)57(97)74-31-48(88)77-38(14-10-23-71-63(66)67)60(100)83-52(33(3)4)61(101)79-39/h5-6,11-12,14-16,18,27-29,33-34,37,41,52H,7-10,13,17,19-26,30-31H2,1-4H3,(H,68,86)(H,69,95)(H,72,84)(H,73,96)(H,74,97)(H,76,87)(H,77,88)(H,79,101)(H,80,93)(H,81,98)(H,82,99)(H,83,100)(H,89,90)(H,91,92)(H4,64,65,70)(H4,66,67,71)(H,102,103,104)/b38-14+,39-12+,42-27-,75-29?,78-40?/t34?,37-,41-,52+/m1/s1. The van der Waals surface area contributed by atoms with Crippen LogP contribution in [0, 0.1) is 22.7 Å². The molecule has 41 nitrogen and oxygen atoms in total. The maximum atomic E-state index is 14.2. The fourth-order valence-electron chi connectivity index (χ4n) is 9.40. The Balaban J connectivity index is 1.64. The molecule has 12 amide bonds. The number of nitrogens with zero attached hydrogens (tertiary/aromatic N) is 3. The highest BCUT2D eigenvalue weighted by atomic mass is 32.2. The van der Waals surface area contributed by atoms with Gasteiger partial charge in [0, 0.05) is 63.1 Å². The zero-order valence-corrected chi connectivity index (χ0v) is 58.1. The number of aliphatic imine (C=N–C) groups is 1. The first-order valence-electron chi connectivity index (χ1n) is 32.1. The summed E-state index contributed by atoms with van der Waals surface area (Å²) in [6.45, 7) is 3.69. The van der Waals surface area contributed by atoms with E-state index in [1.807, 2.05) is 0 Å². The first kappa shape index (κ1) is 84.8. The van der Waals surface area contributed by atoms with Gasteiger partial charge in [-0.25, -0.2) is 14.8 Å². The third-order valence-electron chi connectivity index (χ3n) is 14.6. The second kappa shape index (κ2) is 42.0. The van der Waals surface area contributed by atoms with Gasteiger partial charge in [-0.3, -0.25) is 87.9 Å². The average Bonchev–Trinajstić information content (AvgIpc) is 1.54. The molecule has 0 saturated carbocycles. The van der Waals surface area contributed by atoms with Gasteiger partial charge in [-0.05, 0) is 82.1 Å². The van der Waals surface area contributed by atoms with E-state index in [0.29, 0.717) is 6.08 Å². The number of carbonyl (C=O) groups excluding carboxylic acids is 13. The minimum atomic E-state index is -4.64. The Morgan fingerprint density at radius 3 is 2.00 bits per heavy atom. The number of anilines is 1. The highest BCUT2D eigenvalue weighted by molar-refractivity contribution is 7.86. The van der Waals surface area contributed by atoms with Crippen LogP contribution in [0.2, 0.25) is 0 Å². The van der Waals surface area contributed by atoms with Crippen molar-refractivity contribution in [1.29, 1.82) is 10.8 Å².